The monoisotopic (exact) mass is 368 g/mol. The minimum Gasteiger partial charge on any atom is -0.432 e. The minimum absolute atomic E-state index is 0.537. The van der Waals surface area contributed by atoms with Crippen molar-refractivity contribution in [3.8, 4) is 0 Å². The van der Waals surface area contributed by atoms with Gasteiger partial charge in [-0.05, 0) is 30.4 Å². The van der Waals surface area contributed by atoms with Crippen LogP contribution in [0.25, 0.3) is 0 Å². The fourth-order valence-electron chi connectivity index (χ4n) is 2.93. The molecule has 1 aromatic carbocycles. The molecule has 7 nitrogen and oxygen atoms in total. The predicted octanol–water partition coefficient (Wildman–Crippen LogP) is 0.332. The molecule has 1 aliphatic heterocycles. The van der Waals surface area contributed by atoms with E-state index >= 15 is 0 Å². The van der Waals surface area contributed by atoms with Gasteiger partial charge in [0, 0.05) is 0 Å². The van der Waals surface area contributed by atoms with Gasteiger partial charge in [-0.25, -0.2) is 0 Å². The van der Waals surface area contributed by atoms with Crippen molar-refractivity contribution in [1.82, 2.24) is 0 Å². The van der Waals surface area contributed by atoms with Crippen molar-refractivity contribution in [2.24, 2.45) is 5.92 Å². The summed E-state index contributed by atoms with van der Waals surface area (Å²) >= 11 is 0. The number of carbonyl (C=O) groups excluding carboxylic acids is 1. The van der Waals surface area contributed by atoms with Crippen LogP contribution in [-0.4, -0.2) is 63.7 Å². The first kappa shape index (κ1) is 20.8. The Morgan fingerprint density at radius 1 is 1.08 bits per heavy atom. The van der Waals surface area contributed by atoms with Crippen LogP contribution in [0.2, 0.25) is 0 Å². The lowest BCUT2D eigenvalue weighted by atomic mass is 9.96. The Balaban J connectivity index is 2.01. The third kappa shape index (κ3) is 4.81. The Bertz CT molecular complexity index is 584. The summed E-state index contributed by atoms with van der Waals surface area (Å²) in [6.45, 7) is 5.36. The van der Waals surface area contributed by atoms with Crippen molar-refractivity contribution < 1.29 is 34.7 Å². The number of esters is 1. The quantitative estimate of drug-likeness (QED) is 0.535. The van der Waals surface area contributed by atoms with E-state index in [4.69, 9.17) is 9.47 Å². The van der Waals surface area contributed by atoms with Gasteiger partial charge in [-0.15, -0.1) is 0 Å². The van der Waals surface area contributed by atoms with Crippen molar-refractivity contribution in [2.45, 2.75) is 63.8 Å². The van der Waals surface area contributed by atoms with Crippen LogP contribution in [0.1, 0.15) is 37.8 Å². The molecule has 26 heavy (non-hydrogen) atoms. The summed E-state index contributed by atoms with van der Waals surface area (Å²) in [5.41, 5.74) is 1.94. The van der Waals surface area contributed by atoms with Crippen LogP contribution in [0.4, 0.5) is 0 Å². The molecule has 7 heteroatoms. The normalized spacial score (nSPS) is 30.2. The number of hydrogen-bond donors (Lipinski definition) is 4. The van der Waals surface area contributed by atoms with Crippen LogP contribution < -0.4 is 0 Å². The average molecular weight is 368 g/mol. The van der Waals surface area contributed by atoms with Gasteiger partial charge in [0.05, 0.1) is 12.5 Å². The molecular weight excluding hydrogens is 340 g/mol. The van der Waals surface area contributed by atoms with E-state index in [1.165, 1.54) is 5.56 Å². The smallest absolute Gasteiger partial charge is 0.315 e. The molecule has 0 bridgehead atoms. The highest BCUT2D eigenvalue weighted by molar-refractivity contribution is 5.77. The highest BCUT2D eigenvalue weighted by Gasteiger charge is 2.45. The van der Waals surface area contributed by atoms with Crippen molar-refractivity contribution in [3.63, 3.8) is 0 Å². The molecule has 146 valence electrons. The second kappa shape index (κ2) is 8.92. The fraction of sp³-hybridized carbons (Fsp3) is 0.632. The van der Waals surface area contributed by atoms with Crippen molar-refractivity contribution in [1.29, 1.82) is 0 Å². The molecule has 1 saturated heterocycles. The maximum atomic E-state index is 12.4. The number of carbonyl (C=O) groups is 1. The molecule has 1 aliphatic rings. The molecule has 0 radical (unpaired) electrons. The molecule has 1 aromatic rings. The van der Waals surface area contributed by atoms with Gasteiger partial charge in [0.2, 0.25) is 6.29 Å². The van der Waals surface area contributed by atoms with E-state index in [9.17, 15) is 25.2 Å². The number of hydrogen-bond acceptors (Lipinski definition) is 7. The lowest BCUT2D eigenvalue weighted by Crippen LogP contribution is -2.59. The van der Waals surface area contributed by atoms with Gasteiger partial charge in [0.1, 0.15) is 24.4 Å². The van der Waals surface area contributed by atoms with Gasteiger partial charge < -0.3 is 29.9 Å². The first-order chi connectivity index (χ1) is 12.2. The molecule has 0 aliphatic carbocycles. The molecule has 1 fully saturated rings. The molecular formula is C19H28O7. The molecule has 1 unspecified atom stereocenters. The second-order valence-corrected chi connectivity index (χ2v) is 7.20. The second-order valence-electron chi connectivity index (χ2n) is 7.20. The summed E-state index contributed by atoms with van der Waals surface area (Å²) in [5.74, 6) is -0.698. The number of ether oxygens (including phenoxy) is 2. The summed E-state index contributed by atoms with van der Waals surface area (Å²) in [5, 5.41) is 38.6. The fourth-order valence-corrected chi connectivity index (χ4v) is 2.93. The third-order valence-electron chi connectivity index (χ3n) is 4.56. The third-order valence-corrected chi connectivity index (χ3v) is 4.56. The summed E-state index contributed by atoms with van der Waals surface area (Å²) in [6.07, 6.45) is -6.29. The van der Waals surface area contributed by atoms with Gasteiger partial charge in [-0.2, -0.15) is 0 Å². The number of aliphatic hydroxyl groups is 4. The van der Waals surface area contributed by atoms with Crippen LogP contribution in [0.3, 0.4) is 0 Å². The van der Waals surface area contributed by atoms with Crippen molar-refractivity contribution in [3.05, 3.63) is 35.4 Å². The van der Waals surface area contributed by atoms with Gasteiger partial charge in [-0.1, -0.05) is 38.1 Å². The molecule has 2 rings (SSSR count). The molecule has 1 heterocycles. The molecule has 0 amide bonds. The number of benzene rings is 1. The Kier molecular flexibility index (Phi) is 7.14. The first-order valence-corrected chi connectivity index (χ1v) is 8.84. The lowest BCUT2D eigenvalue weighted by Gasteiger charge is -2.39. The van der Waals surface area contributed by atoms with E-state index < -0.39 is 49.2 Å². The van der Waals surface area contributed by atoms with Gasteiger partial charge in [0.15, 0.2) is 0 Å². The summed E-state index contributed by atoms with van der Waals surface area (Å²) < 4.78 is 10.4. The van der Waals surface area contributed by atoms with Crippen molar-refractivity contribution >= 4 is 5.97 Å². The van der Waals surface area contributed by atoms with Gasteiger partial charge in [0.25, 0.3) is 0 Å². The molecule has 4 N–H and O–H groups in total. The zero-order valence-electron chi connectivity index (χ0n) is 15.3. The predicted molar refractivity (Wildman–Crippen MR) is 93.3 cm³/mol. The molecule has 6 atom stereocenters. The topological polar surface area (TPSA) is 116 Å². The van der Waals surface area contributed by atoms with Crippen molar-refractivity contribution in [2.75, 3.05) is 6.61 Å². The molecule has 0 saturated carbocycles. The van der Waals surface area contributed by atoms with E-state index in [0.29, 0.717) is 5.92 Å². The van der Waals surface area contributed by atoms with Crippen LogP contribution in [0.15, 0.2) is 24.3 Å². The molecule has 0 spiro atoms. The number of aliphatic hydroxyl groups excluding tert-OH is 4. The Morgan fingerprint density at radius 3 is 2.23 bits per heavy atom. The van der Waals surface area contributed by atoms with E-state index in [-0.39, 0.29) is 0 Å². The standard InChI is InChI=1S/C19H28O7/c1-10(2)8-12-4-6-13(7-5-12)11(3)18(24)26-19-17(23)16(22)15(21)14(9-20)25-19/h4-7,10-11,14-17,19-23H,8-9H2,1-3H3/t11?,14-,15-,16+,17-,19+/m1/s1. The summed E-state index contributed by atoms with van der Waals surface area (Å²) in [6, 6.07) is 7.65. The van der Waals surface area contributed by atoms with Crippen LogP contribution in [0, 0.1) is 5.92 Å². The van der Waals surface area contributed by atoms with E-state index in [1.54, 1.807) is 6.92 Å². The van der Waals surface area contributed by atoms with E-state index in [2.05, 4.69) is 13.8 Å². The van der Waals surface area contributed by atoms with E-state index in [1.807, 2.05) is 24.3 Å². The Labute approximate surface area is 153 Å². The minimum atomic E-state index is -1.60. The molecule has 0 aromatic heterocycles. The highest BCUT2D eigenvalue weighted by Crippen LogP contribution is 2.25. The number of rotatable bonds is 6. The maximum Gasteiger partial charge on any atom is 0.315 e. The van der Waals surface area contributed by atoms with Gasteiger partial charge >= 0.3 is 5.97 Å². The average Bonchev–Trinajstić information content (AvgIpc) is 2.61. The Hall–Kier alpha value is -1.51. The lowest BCUT2D eigenvalue weighted by molar-refractivity contribution is -0.293. The largest absolute Gasteiger partial charge is 0.432 e. The summed E-state index contributed by atoms with van der Waals surface area (Å²) in [7, 11) is 0. The van der Waals surface area contributed by atoms with Gasteiger partial charge in [-0.3, -0.25) is 4.79 Å². The zero-order chi connectivity index (χ0) is 19.4. The van der Waals surface area contributed by atoms with Crippen LogP contribution in [0.5, 0.6) is 0 Å². The Morgan fingerprint density at radius 2 is 1.69 bits per heavy atom. The van der Waals surface area contributed by atoms with E-state index in [0.717, 1.165) is 12.0 Å². The first-order valence-electron chi connectivity index (χ1n) is 8.84. The zero-order valence-corrected chi connectivity index (χ0v) is 15.3. The van der Waals surface area contributed by atoms with Crippen LogP contribution >= 0.6 is 0 Å². The van der Waals surface area contributed by atoms with Crippen LogP contribution in [-0.2, 0) is 20.7 Å². The summed E-state index contributed by atoms with van der Waals surface area (Å²) in [4.78, 5) is 12.4. The SMILES string of the molecule is CC(C)Cc1ccc(C(C)C(=O)O[C@@H]2O[C@H](CO)[C@@H](O)[C@H](O)[C@H]2O)cc1. The highest BCUT2D eigenvalue weighted by atomic mass is 16.7. The maximum absolute atomic E-state index is 12.4.